The molecule has 0 spiro atoms. The molecule has 0 fully saturated rings. The SMILES string of the molecule is CCCCCCCCC(CCCC)CCOCCO[SiH3]. The first-order valence-corrected chi connectivity index (χ1v) is 9.73. The van der Waals surface area contributed by atoms with E-state index in [0.29, 0.717) is 0 Å². The highest BCUT2D eigenvalue weighted by molar-refractivity contribution is 5.97. The van der Waals surface area contributed by atoms with Crippen LogP contribution in [-0.4, -0.2) is 30.3 Å². The minimum atomic E-state index is 0.779. The molecule has 3 heteroatoms. The molecule has 0 bridgehead atoms. The van der Waals surface area contributed by atoms with Gasteiger partial charge in [0.15, 0.2) is 0 Å². The van der Waals surface area contributed by atoms with Crippen molar-refractivity contribution in [2.45, 2.75) is 84.5 Å². The van der Waals surface area contributed by atoms with Crippen molar-refractivity contribution >= 4 is 10.5 Å². The first-order chi connectivity index (χ1) is 9.85. The van der Waals surface area contributed by atoms with Gasteiger partial charge in [-0.15, -0.1) is 0 Å². The predicted octanol–water partition coefficient (Wildman–Crippen LogP) is 4.25. The number of unbranched alkanes of at least 4 members (excludes halogenated alkanes) is 6. The summed E-state index contributed by atoms with van der Waals surface area (Å²) in [5.41, 5.74) is 0. The van der Waals surface area contributed by atoms with Gasteiger partial charge in [-0.25, -0.2) is 0 Å². The summed E-state index contributed by atoms with van der Waals surface area (Å²) >= 11 is 0. The number of rotatable bonds is 16. The number of hydrogen-bond acceptors (Lipinski definition) is 2. The lowest BCUT2D eigenvalue weighted by atomic mass is 9.92. The summed E-state index contributed by atoms with van der Waals surface area (Å²) in [6, 6.07) is 0. The second kappa shape index (κ2) is 17.2. The summed E-state index contributed by atoms with van der Waals surface area (Å²) in [6.07, 6.45) is 15.2. The molecule has 122 valence electrons. The molecule has 0 aliphatic heterocycles. The van der Waals surface area contributed by atoms with Gasteiger partial charge in [-0.2, -0.15) is 0 Å². The van der Waals surface area contributed by atoms with Crippen LogP contribution in [0.2, 0.25) is 0 Å². The van der Waals surface area contributed by atoms with Crippen molar-refractivity contribution in [2.24, 2.45) is 5.92 Å². The Labute approximate surface area is 130 Å². The van der Waals surface area contributed by atoms with Crippen LogP contribution in [0.3, 0.4) is 0 Å². The third kappa shape index (κ3) is 14.5. The largest absolute Gasteiger partial charge is 0.426 e. The molecule has 0 saturated carbocycles. The van der Waals surface area contributed by atoms with E-state index >= 15 is 0 Å². The van der Waals surface area contributed by atoms with Gasteiger partial charge in [0, 0.05) is 6.61 Å². The number of hydrogen-bond donors (Lipinski definition) is 0. The van der Waals surface area contributed by atoms with Crippen molar-refractivity contribution in [1.29, 1.82) is 0 Å². The van der Waals surface area contributed by atoms with Crippen LogP contribution in [0, 0.1) is 5.92 Å². The highest BCUT2D eigenvalue weighted by Crippen LogP contribution is 2.21. The van der Waals surface area contributed by atoms with Crippen LogP contribution in [-0.2, 0) is 9.16 Å². The highest BCUT2D eigenvalue weighted by atomic mass is 28.2. The third-order valence-corrected chi connectivity index (χ3v) is 4.44. The van der Waals surface area contributed by atoms with Gasteiger partial charge in [-0.05, 0) is 12.3 Å². The van der Waals surface area contributed by atoms with E-state index in [-0.39, 0.29) is 0 Å². The lowest BCUT2D eigenvalue weighted by molar-refractivity contribution is 0.0904. The quantitative estimate of drug-likeness (QED) is 0.313. The number of ether oxygens (including phenoxy) is 1. The van der Waals surface area contributed by atoms with Gasteiger partial charge in [0.25, 0.3) is 0 Å². The van der Waals surface area contributed by atoms with Gasteiger partial charge in [0.05, 0.1) is 13.2 Å². The Balaban J connectivity index is 3.56. The topological polar surface area (TPSA) is 18.5 Å². The van der Waals surface area contributed by atoms with E-state index in [1.54, 1.807) is 0 Å². The maximum atomic E-state index is 5.64. The maximum Gasteiger partial charge on any atom is 0.146 e. The van der Waals surface area contributed by atoms with Crippen molar-refractivity contribution in [2.75, 3.05) is 19.8 Å². The molecule has 0 aromatic rings. The molecule has 0 saturated heterocycles. The van der Waals surface area contributed by atoms with E-state index in [0.717, 1.165) is 36.2 Å². The van der Waals surface area contributed by atoms with Gasteiger partial charge in [0.1, 0.15) is 10.5 Å². The molecule has 0 aliphatic rings. The lowest BCUT2D eigenvalue weighted by Gasteiger charge is -2.16. The first kappa shape index (κ1) is 20.1. The molecule has 0 amide bonds. The van der Waals surface area contributed by atoms with Crippen LogP contribution in [0.15, 0.2) is 0 Å². The molecule has 1 atom stereocenters. The highest BCUT2D eigenvalue weighted by Gasteiger charge is 2.08. The standard InChI is InChI=1S/C17H38O2Si/c1-3-5-7-8-9-10-12-17(11-6-4-2)13-14-18-15-16-19-20/h17H,3-16H2,1-2,20H3. The van der Waals surface area contributed by atoms with Crippen molar-refractivity contribution in [3.63, 3.8) is 0 Å². The van der Waals surface area contributed by atoms with E-state index in [9.17, 15) is 0 Å². The zero-order valence-electron chi connectivity index (χ0n) is 14.3. The van der Waals surface area contributed by atoms with Crippen LogP contribution in [0.1, 0.15) is 84.5 Å². The van der Waals surface area contributed by atoms with E-state index < -0.39 is 0 Å². The first-order valence-electron chi connectivity index (χ1n) is 8.91. The van der Waals surface area contributed by atoms with Gasteiger partial charge >= 0.3 is 0 Å². The fraction of sp³-hybridized carbons (Fsp3) is 1.00. The molecule has 0 aliphatic carbocycles. The second-order valence-electron chi connectivity index (χ2n) is 5.96. The average molecular weight is 303 g/mol. The van der Waals surface area contributed by atoms with Crippen LogP contribution in [0.25, 0.3) is 0 Å². The van der Waals surface area contributed by atoms with Gasteiger partial charge in [-0.3, -0.25) is 0 Å². The molecule has 1 unspecified atom stereocenters. The Morgan fingerprint density at radius 1 is 0.700 bits per heavy atom. The average Bonchev–Trinajstić information content (AvgIpc) is 2.47. The second-order valence-corrected chi connectivity index (χ2v) is 6.54. The van der Waals surface area contributed by atoms with Gasteiger partial charge in [0.2, 0.25) is 0 Å². The maximum absolute atomic E-state index is 5.64. The van der Waals surface area contributed by atoms with Crippen molar-refractivity contribution in [3.05, 3.63) is 0 Å². The Kier molecular flexibility index (Phi) is 17.3. The molecule has 0 radical (unpaired) electrons. The third-order valence-electron chi connectivity index (χ3n) is 4.03. The summed E-state index contributed by atoms with van der Waals surface area (Å²) in [5.74, 6) is 0.887. The van der Waals surface area contributed by atoms with E-state index in [2.05, 4.69) is 13.8 Å². The van der Waals surface area contributed by atoms with Crippen LogP contribution in [0.4, 0.5) is 0 Å². The monoisotopic (exact) mass is 302 g/mol. The zero-order valence-corrected chi connectivity index (χ0v) is 16.3. The summed E-state index contributed by atoms with van der Waals surface area (Å²) in [6.45, 7) is 7.06. The van der Waals surface area contributed by atoms with Crippen molar-refractivity contribution < 1.29 is 9.16 Å². The van der Waals surface area contributed by atoms with Crippen LogP contribution in [0.5, 0.6) is 0 Å². The molecule has 0 heterocycles. The predicted molar refractivity (Wildman–Crippen MR) is 92.3 cm³/mol. The van der Waals surface area contributed by atoms with Crippen molar-refractivity contribution in [3.8, 4) is 0 Å². The van der Waals surface area contributed by atoms with Crippen LogP contribution >= 0.6 is 0 Å². The Morgan fingerprint density at radius 3 is 2.05 bits per heavy atom. The summed E-state index contributed by atoms with van der Waals surface area (Å²) in [7, 11) is 0.827. The Hall–Kier alpha value is 0.137. The fourth-order valence-corrected chi connectivity index (χ4v) is 2.80. The summed E-state index contributed by atoms with van der Waals surface area (Å²) in [4.78, 5) is 0. The van der Waals surface area contributed by atoms with Crippen LogP contribution < -0.4 is 0 Å². The molecule has 0 rings (SSSR count). The minimum Gasteiger partial charge on any atom is -0.426 e. The molecule has 0 aromatic carbocycles. The van der Waals surface area contributed by atoms with Crippen molar-refractivity contribution in [1.82, 2.24) is 0 Å². The molecular formula is C17H38O2Si. The normalized spacial score (nSPS) is 12.9. The molecule has 0 N–H and O–H groups in total. The Bertz CT molecular complexity index is 176. The zero-order chi connectivity index (χ0) is 14.9. The fourth-order valence-electron chi connectivity index (χ4n) is 2.63. The van der Waals surface area contributed by atoms with E-state index in [1.807, 2.05) is 0 Å². The minimum absolute atomic E-state index is 0.779. The van der Waals surface area contributed by atoms with E-state index in [4.69, 9.17) is 9.16 Å². The molecule has 0 aromatic heterocycles. The summed E-state index contributed by atoms with van der Waals surface area (Å²) in [5, 5.41) is 0. The van der Waals surface area contributed by atoms with E-state index in [1.165, 1.54) is 70.6 Å². The summed E-state index contributed by atoms with van der Waals surface area (Å²) < 4.78 is 10.8. The smallest absolute Gasteiger partial charge is 0.146 e. The molecule has 2 nitrogen and oxygen atoms in total. The Morgan fingerprint density at radius 2 is 1.35 bits per heavy atom. The molecular weight excluding hydrogens is 264 g/mol. The lowest BCUT2D eigenvalue weighted by Crippen LogP contribution is -2.09. The van der Waals surface area contributed by atoms with Gasteiger partial charge < -0.3 is 9.16 Å². The molecule has 20 heavy (non-hydrogen) atoms. The van der Waals surface area contributed by atoms with Gasteiger partial charge in [-0.1, -0.05) is 78.1 Å².